The number of hydrogen-bond donors (Lipinski definition) is 1. The second-order valence-corrected chi connectivity index (χ2v) is 5.60. The Morgan fingerprint density at radius 2 is 1.88 bits per heavy atom. The molecule has 16 heavy (non-hydrogen) atoms. The van der Waals surface area contributed by atoms with Crippen molar-refractivity contribution in [3.8, 4) is 0 Å². The molecule has 0 amide bonds. The molecule has 2 fully saturated rings. The van der Waals surface area contributed by atoms with E-state index < -0.39 is 0 Å². The Labute approximate surface area is 99.3 Å². The third-order valence-electron chi connectivity index (χ3n) is 4.39. The monoisotopic (exact) mass is 226 g/mol. The van der Waals surface area contributed by atoms with Crippen LogP contribution < -0.4 is 5.73 Å². The van der Waals surface area contributed by atoms with E-state index in [2.05, 4.69) is 4.90 Å². The third-order valence-corrected chi connectivity index (χ3v) is 4.39. The van der Waals surface area contributed by atoms with Crippen molar-refractivity contribution >= 4 is 0 Å². The van der Waals surface area contributed by atoms with Gasteiger partial charge in [-0.1, -0.05) is 12.8 Å². The number of likely N-dealkylation sites (tertiary alicyclic amines) is 1. The summed E-state index contributed by atoms with van der Waals surface area (Å²) in [5, 5.41) is 0. The van der Waals surface area contributed by atoms with Gasteiger partial charge in [0.15, 0.2) is 0 Å². The van der Waals surface area contributed by atoms with E-state index in [0.717, 1.165) is 0 Å². The lowest BCUT2D eigenvalue weighted by Crippen LogP contribution is -2.43. The van der Waals surface area contributed by atoms with Crippen LogP contribution in [0.3, 0.4) is 0 Å². The smallest absolute Gasteiger partial charge is 0.0595 e. The SMILES string of the molecule is COC1CCN(CCC2(N)CCCC2)CC1. The molecule has 2 rings (SSSR count). The second kappa shape index (κ2) is 5.48. The predicted octanol–water partition coefficient (Wildman–Crippen LogP) is 1.76. The van der Waals surface area contributed by atoms with Crippen LogP contribution in [-0.4, -0.2) is 43.3 Å². The topological polar surface area (TPSA) is 38.5 Å². The summed E-state index contributed by atoms with van der Waals surface area (Å²) in [6.45, 7) is 3.57. The van der Waals surface area contributed by atoms with Gasteiger partial charge in [-0.2, -0.15) is 0 Å². The zero-order valence-corrected chi connectivity index (χ0v) is 10.6. The van der Waals surface area contributed by atoms with Crippen LogP contribution in [0.1, 0.15) is 44.9 Å². The van der Waals surface area contributed by atoms with Crippen LogP contribution in [0.4, 0.5) is 0 Å². The van der Waals surface area contributed by atoms with Gasteiger partial charge in [-0.05, 0) is 38.6 Å². The van der Waals surface area contributed by atoms with Gasteiger partial charge in [0, 0.05) is 25.7 Å². The summed E-state index contributed by atoms with van der Waals surface area (Å²) in [6.07, 6.45) is 9.20. The fourth-order valence-electron chi connectivity index (χ4n) is 3.08. The van der Waals surface area contributed by atoms with E-state index in [1.165, 1.54) is 64.6 Å². The van der Waals surface area contributed by atoms with Gasteiger partial charge >= 0.3 is 0 Å². The molecule has 0 atom stereocenters. The summed E-state index contributed by atoms with van der Waals surface area (Å²) >= 11 is 0. The van der Waals surface area contributed by atoms with Crippen LogP contribution in [-0.2, 0) is 4.74 Å². The molecule has 3 nitrogen and oxygen atoms in total. The van der Waals surface area contributed by atoms with Crippen LogP contribution in [0.2, 0.25) is 0 Å². The molecule has 2 aliphatic rings. The van der Waals surface area contributed by atoms with Crippen LogP contribution in [0.5, 0.6) is 0 Å². The van der Waals surface area contributed by atoms with Crippen molar-refractivity contribution in [1.82, 2.24) is 4.90 Å². The Morgan fingerprint density at radius 3 is 2.44 bits per heavy atom. The lowest BCUT2D eigenvalue weighted by molar-refractivity contribution is 0.0391. The Kier molecular flexibility index (Phi) is 4.22. The van der Waals surface area contributed by atoms with Gasteiger partial charge in [0.1, 0.15) is 0 Å². The van der Waals surface area contributed by atoms with Gasteiger partial charge in [-0.15, -0.1) is 0 Å². The van der Waals surface area contributed by atoms with E-state index in [9.17, 15) is 0 Å². The molecule has 1 aliphatic heterocycles. The van der Waals surface area contributed by atoms with E-state index in [0.29, 0.717) is 6.10 Å². The molecule has 0 unspecified atom stereocenters. The molecule has 2 N–H and O–H groups in total. The van der Waals surface area contributed by atoms with E-state index in [1.807, 2.05) is 7.11 Å². The molecule has 0 bridgehead atoms. The highest BCUT2D eigenvalue weighted by Crippen LogP contribution is 2.30. The Bertz CT molecular complexity index is 206. The summed E-state index contributed by atoms with van der Waals surface area (Å²) < 4.78 is 5.39. The maximum Gasteiger partial charge on any atom is 0.0595 e. The summed E-state index contributed by atoms with van der Waals surface area (Å²) in [7, 11) is 1.83. The molecule has 1 aliphatic carbocycles. The maximum absolute atomic E-state index is 6.38. The third kappa shape index (κ3) is 3.19. The Morgan fingerprint density at radius 1 is 1.25 bits per heavy atom. The molecule has 1 saturated carbocycles. The summed E-state index contributed by atoms with van der Waals surface area (Å²) in [6, 6.07) is 0. The number of nitrogens with two attached hydrogens (primary N) is 1. The highest BCUT2D eigenvalue weighted by atomic mass is 16.5. The van der Waals surface area contributed by atoms with Crippen molar-refractivity contribution in [2.24, 2.45) is 5.73 Å². The Hall–Kier alpha value is -0.120. The van der Waals surface area contributed by atoms with Gasteiger partial charge in [-0.3, -0.25) is 0 Å². The fraction of sp³-hybridized carbons (Fsp3) is 1.00. The van der Waals surface area contributed by atoms with Crippen molar-refractivity contribution in [2.75, 3.05) is 26.7 Å². The minimum absolute atomic E-state index is 0.165. The average molecular weight is 226 g/mol. The molecule has 94 valence electrons. The lowest BCUT2D eigenvalue weighted by atomic mass is 9.94. The second-order valence-electron chi connectivity index (χ2n) is 5.60. The molecule has 0 aromatic rings. The number of hydrogen-bond acceptors (Lipinski definition) is 3. The number of piperidine rings is 1. The van der Waals surface area contributed by atoms with Gasteiger partial charge in [-0.25, -0.2) is 0 Å². The first-order valence-electron chi connectivity index (χ1n) is 6.76. The number of ether oxygens (including phenoxy) is 1. The quantitative estimate of drug-likeness (QED) is 0.794. The van der Waals surface area contributed by atoms with Crippen molar-refractivity contribution < 1.29 is 4.74 Å². The number of rotatable bonds is 4. The lowest BCUT2D eigenvalue weighted by Gasteiger charge is -2.33. The van der Waals surface area contributed by atoms with E-state index in [4.69, 9.17) is 10.5 Å². The van der Waals surface area contributed by atoms with E-state index in [1.54, 1.807) is 0 Å². The van der Waals surface area contributed by atoms with Gasteiger partial charge < -0.3 is 15.4 Å². The highest BCUT2D eigenvalue weighted by Gasteiger charge is 2.30. The average Bonchev–Trinajstić information content (AvgIpc) is 2.75. The molecule has 0 aromatic heterocycles. The van der Waals surface area contributed by atoms with E-state index >= 15 is 0 Å². The standard InChI is InChI=1S/C13H26N2O/c1-16-12-4-9-15(10-5-12)11-8-13(14)6-2-3-7-13/h12H,2-11,14H2,1H3. The van der Waals surface area contributed by atoms with Crippen LogP contribution in [0, 0.1) is 0 Å². The minimum Gasteiger partial charge on any atom is -0.381 e. The zero-order chi connectivity index (χ0) is 11.4. The van der Waals surface area contributed by atoms with Crippen molar-refractivity contribution in [3.05, 3.63) is 0 Å². The molecular weight excluding hydrogens is 200 g/mol. The zero-order valence-electron chi connectivity index (χ0n) is 10.6. The molecule has 1 saturated heterocycles. The van der Waals surface area contributed by atoms with Gasteiger partial charge in [0.2, 0.25) is 0 Å². The van der Waals surface area contributed by atoms with Crippen LogP contribution >= 0.6 is 0 Å². The maximum atomic E-state index is 6.38. The predicted molar refractivity (Wildman–Crippen MR) is 66.5 cm³/mol. The first-order chi connectivity index (χ1) is 7.72. The van der Waals surface area contributed by atoms with Crippen molar-refractivity contribution in [2.45, 2.75) is 56.6 Å². The van der Waals surface area contributed by atoms with Crippen molar-refractivity contribution in [1.29, 1.82) is 0 Å². The van der Waals surface area contributed by atoms with Gasteiger partial charge in [0.25, 0.3) is 0 Å². The van der Waals surface area contributed by atoms with Crippen molar-refractivity contribution in [3.63, 3.8) is 0 Å². The summed E-state index contributed by atoms with van der Waals surface area (Å²) in [4.78, 5) is 2.56. The highest BCUT2D eigenvalue weighted by molar-refractivity contribution is 4.90. The summed E-state index contributed by atoms with van der Waals surface area (Å²) in [5.74, 6) is 0. The first kappa shape index (κ1) is 12.3. The fourth-order valence-corrected chi connectivity index (χ4v) is 3.08. The molecule has 0 aromatic carbocycles. The number of nitrogens with zero attached hydrogens (tertiary/aromatic N) is 1. The molecule has 0 spiro atoms. The minimum atomic E-state index is 0.165. The first-order valence-corrected chi connectivity index (χ1v) is 6.76. The molecule has 1 heterocycles. The normalized spacial score (nSPS) is 27.4. The van der Waals surface area contributed by atoms with Crippen LogP contribution in [0.25, 0.3) is 0 Å². The molecule has 3 heteroatoms. The summed E-state index contributed by atoms with van der Waals surface area (Å²) in [5.41, 5.74) is 6.54. The van der Waals surface area contributed by atoms with Gasteiger partial charge in [0.05, 0.1) is 6.10 Å². The Balaban J connectivity index is 1.67. The van der Waals surface area contributed by atoms with Crippen LogP contribution in [0.15, 0.2) is 0 Å². The number of methoxy groups -OCH3 is 1. The van der Waals surface area contributed by atoms with E-state index in [-0.39, 0.29) is 5.54 Å². The molecule has 0 radical (unpaired) electrons. The molecular formula is C13H26N2O. The largest absolute Gasteiger partial charge is 0.381 e.